The first kappa shape index (κ1) is 10.7. The van der Waals surface area contributed by atoms with Gasteiger partial charge in [0.25, 0.3) is 0 Å². The Balaban J connectivity index is 3.16. The highest BCUT2D eigenvalue weighted by atomic mass is 35.7. The van der Waals surface area contributed by atoms with E-state index in [9.17, 15) is 17.6 Å². The van der Waals surface area contributed by atoms with Crippen LogP contribution in [-0.4, -0.2) is 0 Å². The summed E-state index contributed by atoms with van der Waals surface area (Å²) in [5.74, 6) is -0.946. The molecule has 72 valence electrons. The predicted octanol–water partition coefficient (Wildman–Crippen LogP) is 4.09. The van der Waals surface area contributed by atoms with Gasteiger partial charge in [0.2, 0.25) is 0 Å². The van der Waals surface area contributed by atoms with Crippen LogP contribution in [0, 0.1) is 5.82 Å². The van der Waals surface area contributed by atoms with E-state index in [-0.39, 0.29) is 4.90 Å². The molecule has 1 aromatic rings. The third-order valence-corrected chi connectivity index (χ3v) is 2.24. The molecule has 0 bridgehead atoms. The van der Waals surface area contributed by atoms with Crippen LogP contribution in [0.5, 0.6) is 0 Å². The molecule has 0 atom stereocenters. The van der Waals surface area contributed by atoms with Crippen molar-refractivity contribution in [3.63, 3.8) is 0 Å². The van der Waals surface area contributed by atoms with Crippen LogP contribution >= 0.6 is 21.7 Å². The summed E-state index contributed by atoms with van der Waals surface area (Å²) in [4.78, 5) is 0.0361. The molecule has 0 aliphatic rings. The molecule has 0 spiro atoms. The van der Waals surface area contributed by atoms with Gasteiger partial charge in [0.1, 0.15) is 5.82 Å². The lowest BCUT2D eigenvalue weighted by Crippen LogP contribution is -2.05. The zero-order chi connectivity index (χ0) is 10.1. The third-order valence-electron chi connectivity index (χ3n) is 1.29. The lowest BCUT2D eigenvalue weighted by atomic mass is 10.2. The van der Waals surface area contributed by atoms with Gasteiger partial charge in [-0.1, -0.05) is 0 Å². The summed E-state index contributed by atoms with van der Waals surface area (Å²) in [6, 6.07) is 2.16. The molecule has 0 heterocycles. The number of alkyl halides is 3. The quantitative estimate of drug-likeness (QED) is 0.655. The molecule has 0 saturated heterocycles. The molecule has 0 amide bonds. The summed E-state index contributed by atoms with van der Waals surface area (Å²) in [7, 11) is 5.75. The number of hydrogen-bond donors (Lipinski definition) is 0. The Labute approximate surface area is 80.4 Å². The lowest BCUT2D eigenvalue weighted by molar-refractivity contribution is -0.137. The third kappa shape index (κ3) is 2.77. The van der Waals surface area contributed by atoms with Crippen LogP contribution in [0.4, 0.5) is 17.6 Å². The van der Waals surface area contributed by atoms with Gasteiger partial charge in [0.15, 0.2) is 0 Å². The van der Waals surface area contributed by atoms with Crippen LogP contribution < -0.4 is 0 Å². The van der Waals surface area contributed by atoms with E-state index in [1.54, 1.807) is 0 Å². The molecule has 0 N–H and O–H groups in total. The van der Waals surface area contributed by atoms with Crippen molar-refractivity contribution in [2.75, 3.05) is 0 Å². The van der Waals surface area contributed by atoms with Crippen molar-refractivity contribution in [1.29, 1.82) is 0 Å². The van der Waals surface area contributed by atoms with Crippen LogP contribution in [0.2, 0.25) is 0 Å². The van der Waals surface area contributed by atoms with E-state index < -0.39 is 17.6 Å². The van der Waals surface area contributed by atoms with Gasteiger partial charge in [-0.3, -0.25) is 0 Å². The van der Waals surface area contributed by atoms with E-state index >= 15 is 0 Å². The fourth-order valence-electron chi connectivity index (χ4n) is 0.771. The van der Waals surface area contributed by atoms with Gasteiger partial charge >= 0.3 is 6.18 Å². The minimum absolute atomic E-state index is 0.0361. The second kappa shape index (κ2) is 3.75. The van der Waals surface area contributed by atoms with E-state index in [0.29, 0.717) is 17.0 Å². The van der Waals surface area contributed by atoms with Gasteiger partial charge in [-0.25, -0.2) is 4.39 Å². The second-order valence-corrected chi connectivity index (χ2v) is 3.34. The predicted molar refractivity (Wildman–Crippen MR) is 43.1 cm³/mol. The average molecular weight is 231 g/mol. The Kier molecular flexibility index (Phi) is 3.08. The summed E-state index contributed by atoms with van der Waals surface area (Å²) in [6.07, 6.45) is -4.54. The molecule has 1 rings (SSSR count). The van der Waals surface area contributed by atoms with Crippen LogP contribution in [0.3, 0.4) is 0 Å². The number of benzene rings is 1. The monoisotopic (exact) mass is 230 g/mol. The van der Waals surface area contributed by atoms with Crippen molar-refractivity contribution < 1.29 is 17.6 Å². The Morgan fingerprint density at radius 1 is 1.15 bits per heavy atom. The zero-order valence-corrected chi connectivity index (χ0v) is 7.60. The van der Waals surface area contributed by atoms with Gasteiger partial charge < -0.3 is 0 Å². The number of halogens is 5. The Hall–Kier alpha value is -0.420. The van der Waals surface area contributed by atoms with Gasteiger partial charge in [-0.2, -0.15) is 13.2 Å². The Morgan fingerprint density at radius 2 is 1.77 bits per heavy atom. The van der Waals surface area contributed by atoms with Crippen LogP contribution in [0.1, 0.15) is 5.56 Å². The van der Waals surface area contributed by atoms with E-state index in [1.165, 1.54) is 0 Å². The van der Waals surface area contributed by atoms with Gasteiger partial charge in [0, 0.05) is 4.90 Å². The van der Waals surface area contributed by atoms with Gasteiger partial charge in [0.05, 0.1) is 5.56 Å². The van der Waals surface area contributed by atoms with Crippen molar-refractivity contribution in [2.24, 2.45) is 0 Å². The molecule has 0 aromatic heterocycles. The zero-order valence-electron chi connectivity index (χ0n) is 6.03. The topological polar surface area (TPSA) is 0 Å². The molecule has 6 heteroatoms. The van der Waals surface area contributed by atoms with Crippen LogP contribution in [0.25, 0.3) is 0 Å². The van der Waals surface area contributed by atoms with E-state index in [0.717, 1.165) is 12.1 Å². The molecule has 0 aliphatic carbocycles. The lowest BCUT2D eigenvalue weighted by Gasteiger charge is -2.07. The van der Waals surface area contributed by atoms with Crippen molar-refractivity contribution in [3.8, 4) is 0 Å². The molecule has 13 heavy (non-hydrogen) atoms. The van der Waals surface area contributed by atoms with Crippen molar-refractivity contribution in [3.05, 3.63) is 29.6 Å². The highest BCUT2D eigenvalue weighted by Gasteiger charge is 2.31. The van der Waals surface area contributed by atoms with Gasteiger partial charge in [-0.05, 0) is 39.9 Å². The maximum Gasteiger partial charge on any atom is 0.416 e. The summed E-state index contributed by atoms with van der Waals surface area (Å²) < 4.78 is 48.8. The first-order valence-corrected chi connectivity index (χ1v) is 4.74. The molecule has 0 unspecified atom stereocenters. The maximum atomic E-state index is 12.6. The number of hydrogen-bond acceptors (Lipinski definition) is 1. The first-order chi connectivity index (χ1) is 5.93. The fourth-order valence-corrected chi connectivity index (χ4v) is 1.37. The molecule has 0 saturated carbocycles. The Bertz CT molecular complexity index is 310. The van der Waals surface area contributed by atoms with Crippen LogP contribution in [-0.2, 0) is 6.18 Å². The highest BCUT2D eigenvalue weighted by molar-refractivity contribution is 8.21. The fraction of sp³-hybridized carbons (Fsp3) is 0.143. The normalized spacial score (nSPS) is 11.8. The molecular weight excluding hydrogens is 228 g/mol. The SMILES string of the molecule is Fc1cc(SCl)cc(C(F)(F)F)c1. The Morgan fingerprint density at radius 3 is 2.23 bits per heavy atom. The van der Waals surface area contributed by atoms with E-state index in [2.05, 4.69) is 0 Å². The average Bonchev–Trinajstić information content (AvgIpc) is 2.01. The number of rotatable bonds is 1. The molecular formula is C7H3ClF4S. The maximum absolute atomic E-state index is 12.6. The molecule has 0 radical (unpaired) electrons. The molecule has 0 fully saturated rings. The van der Waals surface area contributed by atoms with E-state index in [1.807, 2.05) is 0 Å². The van der Waals surface area contributed by atoms with Crippen molar-refractivity contribution in [2.45, 2.75) is 11.1 Å². The smallest absolute Gasteiger partial charge is 0.207 e. The minimum atomic E-state index is -4.54. The first-order valence-electron chi connectivity index (χ1n) is 3.10. The largest absolute Gasteiger partial charge is 0.416 e. The summed E-state index contributed by atoms with van der Waals surface area (Å²) in [6.45, 7) is 0. The molecule has 0 nitrogen and oxygen atoms in total. The van der Waals surface area contributed by atoms with Crippen LogP contribution in [0.15, 0.2) is 23.1 Å². The standard InChI is InChI=1S/C7H3ClF4S/c8-13-6-2-4(7(10,11)12)1-5(9)3-6/h1-3H. The molecule has 1 aromatic carbocycles. The summed E-state index contributed by atoms with van der Waals surface area (Å²) >= 11 is 0. The molecule has 0 aliphatic heterocycles. The summed E-state index contributed by atoms with van der Waals surface area (Å²) in [5, 5.41) is 0. The van der Waals surface area contributed by atoms with E-state index in [4.69, 9.17) is 10.7 Å². The van der Waals surface area contributed by atoms with Crippen molar-refractivity contribution >= 4 is 21.7 Å². The van der Waals surface area contributed by atoms with Crippen molar-refractivity contribution in [1.82, 2.24) is 0 Å². The van der Waals surface area contributed by atoms with Gasteiger partial charge in [-0.15, -0.1) is 0 Å². The minimum Gasteiger partial charge on any atom is -0.207 e. The highest BCUT2D eigenvalue weighted by Crippen LogP contribution is 2.33. The summed E-state index contributed by atoms with van der Waals surface area (Å²) in [5.41, 5.74) is -1.03. The second-order valence-electron chi connectivity index (χ2n) is 2.25.